The Bertz CT molecular complexity index is 786. The highest BCUT2D eigenvalue weighted by molar-refractivity contribution is 6.03. The summed E-state index contributed by atoms with van der Waals surface area (Å²) >= 11 is 0. The van der Waals surface area contributed by atoms with Crippen LogP contribution in [0.3, 0.4) is 0 Å². The number of fused-ring (bicyclic) bond motifs is 1. The average molecular weight is 298 g/mol. The van der Waals surface area contributed by atoms with Gasteiger partial charge in [-0.15, -0.1) is 0 Å². The van der Waals surface area contributed by atoms with E-state index < -0.39 is 5.63 Å². The smallest absolute Gasteiger partial charge is 0.362 e. The summed E-state index contributed by atoms with van der Waals surface area (Å²) < 4.78 is 5.40. The number of carbonyl (C=O) groups is 1. The fourth-order valence-corrected chi connectivity index (χ4v) is 3.08. The molecule has 2 heterocycles. The first-order valence-corrected chi connectivity index (χ1v) is 7.86. The van der Waals surface area contributed by atoms with Crippen LogP contribution in [0, 0.1) is 5.92 Å². The molecule has 1 aliphatic carbocycles. The number of para-hydroxylation sites is 1. The van der Waals surface area contributed by atoms with Gasteiger partial charge in [-0.05, 0) is 37.8 Å². The Morgan fingerprint density at radius 2 is 1.91 bits per heavy atom. The molecule has 5 heteroatoms. The number of amides is 1. The van der Waals surface area contributed by atoms with Gasteiger partial charge in [-0.1, -0.05) is 12.1 Å². The van der Waals surface area contributed by atoms with Crippen molar-refractivity contribution >= 4 is 28.3 Å². The van der Waals surface area contributed by atoms with Gasteiger partial charge >= 0.3 is 5.63 Å². The van der Waals surface area contributed by atoms with E-state index in [1.807, 2.05) is 18.2 Å². The highest BCUT2D eigenvalue weighted by Crippen LogP contribution is 2.36. The largest absolute Gasteiger partial charge is 0.421 e. The first kappa shape index (κ1) is 13.4. The Morgan fingerprint density at radius 1 is 1.18 bits per heavy atom. The van der Waals surface area contributed by atoms with E-state index >= 15 is 0 Å². The minimum atomic E-state index is -0.463. The second kappa shape index (κ2) is 5.16. The topological polar surface area (TPSA) is 62.6 Å². The lowest BCUT2D eigenvalue weighted by molar-refractivity contribution is -0.117. The minimum Gasteiger partial charge on any atom is -0.421 e. The molecule has 5 nitrogen and oxygen atoms in total. The molecule has 2 aromatic rings. The molecule has 0 radical (unpaired) electrons. The van der Waals surface area contributed by atoms with E-state index in [9.17, 15) is 9.59 Å². The van der Waals surface area contributed by atoms with Gasteiger partial charge in [-0.2, -0.15) is 0 Å². The Balaban J connectivity index is 1.88. The molecule has 1 saturated carbocycles. The summed E-state index contributed by atoms with van der Waals surface area (Å²) in [6, 6.07) is 7.51. The molecule has 2 fully saturated rings. The summed E-state index contributed by atoms with van der Waals surface area (Å²) in [5.41, 5.74) is 1.23. The zero-order valence-corrected chi connectivity index (χ0v) is 12.3. The zero-order valence-electron chi connectivity index (χ0n) is 12.3. The van der Waals surface area contributed by atoms with Crippen molar-refractivity contribution in [1.82, 2.24) is 0 Å². The first-order chi connectivity index (χ1) is 10.7. The maximum Gasteiger partial charge on any atom is 0.362 e. The van der Waals surface area contributed by atoms with Gasteiger partial charge in [0.15, 0.2) is 5.69 Å². The molecule has 4 rings (SSSR count). The summed E-state index contributed by atoms with van der Waals surface area (Å²) in [5, 5.41) is 3.71. The Morgan fingerprint density at radius 3 is 2.64 bits per heavy atom. The lowest BCUT2D eigenvalue weighted by atomic mass is 10.1. The van der Waals surface area contributed by atoms with Crippen molar-refractivity contribution in [2.75, 3.05) is 23.3 Å². The lowest BCUT2D eigenvalue weighted by Crippen LogP contribution is -2.26. The van der Waals surface area contributed by atoms with Crippen molar-refractivity contribution in [3.05, 3.63) is 34.7 Å². The SMILES string of the molecule is O=C(Nc1c(N2CCCC2)c2ccccc2oc1=O)C1CC1. The van der Waals surface area contributed by atoms with E-state index in [0.29, 0.717) is 11.3 Å². The molecule has 114 valence electrons. The Hall–Kier alpha value is -2.30. The molecule has 1 N–H and O–H groups in total. The third-order valence-corrected chi connectivity index (χ3v) is 4.40. The molecule has 2 aliphatic rings. The molecule has 22 heavy (non-hydrogen) atoms. The molecule has 1 aromatic carbocycles. The standard InChI is InChI=1S/C17H18N2O3/c20-16(11-7-8-11)18-14-15(19-9-3-4-10-19)12-5-1-2-6-13(12)22-17(14)21/h1-2,5-6,11H,3-4,7-10H2,(H,18,20). The summed E-state index contributed by atoms with van der Waals surface area (Å²) in [6.45, 7) is 1.81. The van der Waals surface area contributed by atoms with Crippen LogP contribution >= 0.6 is 0 Å². The molecule has 1 amide bonds. The van der Waals surface area contributed by atoms with Gasteiger partial charge < -0.3 is 14.6 Å². The van der Waals surface area contributed by atoms with Crippen LogP contribution in [0.4, 0.5) is 11.4 Å². The molecule has 1 aromatic heterocycles. The molecule has 0 atom stereocenters. The van der Waals surface area contributed by atoms with Crippen molar-refractivity contribution in [3.8, 4) is 0 Å². The summed E-state index contributed by atoms with van der Waals surface area (Å²) in [6.07, 6.45) is 4.02. The van der Waals surface area contributed by atoms with E-state index in [-0.39, 0.29) is 11.8 Å². The number of carbonyl (C=O) groups excluding carboxylic acids is 1. The maximum absolute atomic E-state index is 12.4. The minimum absolute atomic E-state index is 0.0531. The van der Waals surface area contributed by atoms with Crippen LogP contribution in [0.5, 0.6) is 0 Å². The van der Waals surface area contributed by atoms with Gasteiger partial charge in [0, 0.05) is 24.4 Å². The van der Waals surface area contributed by atoms with Crippen molar-refractivity contribution in [1.29, 1.82) is 0 Å². The van der Waals surface area contributed by atoms with Crippen LogP contribution in [0.25, 0.3) is 11.0 Å². The highest BCUT2D eigenvalue weighted by atomic mass is 16.4. The maximum atomic E-state index is 12.4. The molecular formula is C17H18N2O3. The Kier molecular flexibility index (Phi) is 3.13. The fourth-order valence-electron chi connectivity index (χ4n) is 3.08. The van der Waals surface area contributed by atoms with Crippen molar-refractivity contribution in [3.63, 3.8) is 0 Å². The van der Waals surface area contributed by atoms with Gasteiger partial charge in [0.25, 0.3) is 0 Å². The predicted octanol–water partition coefficient (Wildman–Crippen LogP) is 2.74. The fraction of sp³-hybridized carbons (Fsp3) is 0.412. The quantitative estimate of drug-likeness (QED) is 0.885. The number of anilines is 2. The van der Waals surface area contributed by atoms with E-state index in [1.165, 1.54) is 0 Å². The van der Waals surface area contributed by atoms with Crippen molar-refractivity contribution in [2.45, 2.75) is 25.7 Å². The summed E-state index contributed by atoms with van der Waals surface area (Å²) in [7, 11) is 0. The van der Waals surface area contributed by atoms with Crippen LogP contribution < -0.4 is 15.8 Å². The van der Waals surface area contributed by atoms with Gasteiger partial charge in [-0.3, -0.25) is 4.79 Å². The zero-order chi connectivity index (χ0) is 15.1. The van der Waals surface area contributed by atoms with Crippen LogP contribution in [-0.2, 0) is 4.79 Å². The van der Waals surface area contributed by atoms with E-state index in [4.69, 9.17) is 4.42 Å². The number of benzene rings is 1. The summed E-state index contributed by atoms with van der Waals surface area (Å²) in [5.74, 6) is -0.0136. The number of hydrogen-bond donors (Lipinski definition) is 1. The average Bonchev–Trinajstić information content (AvgIpc) is 3.24. The van der Waals surface area contributed by atoms with Crippen LogP contribution in [-0.4, -0.2) is 19.0 Å². The van der Waals surface area contributed by atoms with Crippen LogP contribution in [0.15, 0.2) is 33.5 Å². The molecule has 0 spiro atoms. The Labute approximate surface area is 127 Å². The number of hydrogen-bond acceptors (Lipinski definition) is 4. The second-order valence-electron chi connectivity index (χ2n) is 6.07. The summed E-state index contributed by atoms with van der Waals surface area (Å²) in [4.78, 5) is 26.7. The van der Waals surface area contributed by atoms with Crippen LogP contribution in [0.1, 0.15) is 25.7 Å². The molecule has 0 unspecified atom stereocenters. The molecule has 1 saturated heterocycles. The molecule has 1 aliphatic heterocycles. The number of nitrogens with one attached hydrogen (secondary N) is 1. The second-order valence-corrected chi connectivity index (χ2v) is 6.07. The lowest BCUT2D eigenvalue weighted by Gasteiger charge is -2.22. The van der Waals surface area contributed by atoms with Gasteiger partial charge in [0.2, 0.25) is 5.91 Å². The molecular weight excluding hydrogens is 280 g/mol. The van der Waals surface area contributed by atoms with Crippen molar-refractivity contribution in [2.24, 2.45) is 5.92 Å². The van der Waals surface area contributed by atoms with E-state index in [0.717, 1.165) is 49.8 Å². The van der Waals surface area contributed by atoms with Gasteiger partial charge in [-0.25, -0.2) is 4.79 Å². The van der Waals surface area contributed by atoms with E-state index in [2.05, 4.69) is 10.2 Å². The third-order valence-electron chi connectivity index (χ3n) is 4.40. The van der Waals surface area contributed by atoms with Gasteiger partial charge in [0.05, 0.1) is 5.69 Å². The van der Waals surface area contributed by atoms with Crippen LogP contribution in [0.2, 0.25) is 0 Å². The highest BCUT2D eigenvalue weighted by Gasteiger charge is 2.32. The van der Waals surface area contributed by atoms with E-state index in [1.54, 1.807) is 6.07 Å². The van der Waals surface area contributed by atoms with Gasteiger partial charge in [0.1, 0.15) is 5.58 Å². The normalized spacial score (nSPS) is 17.9. The molecule has 0 bridgehead atoms. The number of nitrogens with zero attached hydrogens (tertiary/aromatic N) is 1. The number of rotatable bonds is 3. The monoisotopic (exact) mass is 298 g/mol. The van der Waals surface area contributed by atoms with Crippen molar-refractivity contribution < 1.29 is 9.21 Å². The first-order valence-electron chi connectivity index (χ1n) is 7.86. The third kappa shape index (κ3) is 2.26. The predicted molar refractivity (Wildman–Crippen MR) is 85.3 cm³/mol.